The van der Waals surface area contributed by atoms with Gasteiger partial charge in [0, 0.05) is 19.0 Å². The van der Waals surface area contributed by atoms with E-state index in [2.05, 4.69) is 5.16 Å². The molecule has 0 radical (unpaired) electrons. The third-order valence-electron chi connectivity index (χ3n) is 3.98. The fourth-order valence-corrected chi connectivity index (χ4v) is 2.27. The Hall–Kier alpha value is -2.17. The lowest BCUT2D eigenvalue weighted by molar-refractivity contribution is 0.0732. The minimum atomic E-state index is -0.287. The molecule has 2 aromatic rings. The van der Waals surface area contributed by atoms with Crippen LogP contribution in [-0.4, -0.2) is 23.0 Å². The number of halogens is 1. The lowest BCUT2D eigenvalue weighted by atomic mass is 10.1. The van der Waals surface area contributed by atoms with Crippen LogP contribution in [0.1, 0.15) is 53.5 Å². The summed E-state index contributed by atoms with van der Waals surface area (Å²) in [5.41, 5.74) is 1.20. The van der Waals surface area contributed by atoms with E-state index in [0.717, 1.165) is 24.2 Å². The molecule has 110 valence electrons. The molecule has 1 fully saturated rings. The van der Waals surface area contributed by atoms with Crippen LogP contribution < -0.4 is 0 Å². The number of carbonyl (C=O) groups excluding carboxylic acids is 1. The Morgan fingerprint density at radius 2 is 2.05 bits per heavy atom. The van der Waals surface area contributed by atoms with Crippen molar-refractivity contribution >= 4 is 5.91 Å². The molecule has 4 nitrogen and oxygen atoms in total. The summed E-state index contributed by atoms with van der Waals surface area (Å²) in [6, 6.07) is 7.72. The molecule has 1 aromatic heterocycles. The van der Waals surface area contributed by atoms with E-state index in [9.17, 15) is 9.18 Å². The van der Waals surface area contributed by atoms with Gasteiger partial charge in [0.1, 0.15) is 11.6 Å². The first-order valence-electron chi connectivity index (χ1n) is 7.05. The highest BCUT2D eigenvalue weighted by Gasteiger charge is 2.30. The molecule has 0 bridgehead atoms. The zero-order chi connectivity index (χ0) is 15.0. The summed E-state index contributed by atoms with van der Waals surface area (Å²) in [5.74, 6) is 0.744. The first kappa shape index (κ1) is 13.8. The Morgan fingerprint density at radius 3 is 2.67 bits per heavy atom. The quantitative estimate of drug-likeness (QED) is 0.864. The molecule has 1 aromatic carbocycles. The van der Waals surface area contributed by atoms with Crippen molar-refractivity contribution in [3.8, 4) is 0 Å². The maximum atomic E-state index is 13.0. The van der Waals surface area contributed by atoms with Gasteiger partial charge in [0.2, 0.25) is 0 Å². The lowest BCUT2D eigenvalue weighted by Gasteiger charge is -2.24. The summed E-state index contributed by atoms with van der Waals surface area (Å²) < 4.78 is 18.2. The van der Waals surface area contributed by atoms with E-state index in [4.69, 9.17) is 4.52 Å². The van der Waals surface area contributed by atoms with Crippen molar-refractivity contribution in [3.63, 3.8) is 0 Å². The van der Waals surface area contributed by atoms with Gasteiger partial charge >= 0.3 is 0 Å². The maximum absolute atomic E-state index is 13.0. The monoisotopic (exact) mass is 288 g/mol. The van der Waals surface area contributed by atoms with Gasteiger partial charge in [-0.25, -0.2) is 4.39 Å². The Labute approximate surface area is 122 Å². The highest BCUT2D eigenvalue weighted by Crippen LogP contribution is 2.40. The number of hydrogen-bond donors (Lipinski definition) is 0. The molecular formula is C16H17FN2O2. The number of hydrogen-bond acceptors (Lipinski definition) is 3. The topological polar surface area (TPSA) is 46.3 Å². The number of nitrogens with zero attached hydrogens (tertiary/aromatic N) is 2. The summed E-state index contributed by atoms with van der Waals surface area (Å²) >= 11 is 0. The van der Waals surface area contributed by atoms with Crippen LogP contribution in [0, 0.1) is 5.82 Å². The molecule has 1 saturated carbocycles. The standard InChI is InChI=1S/C16H17FN2O2/c1-10(11-5-7-13(17)8-6-11)19(2)16(20)14-9-15(21-18-14)12-3-4-12/h5-10,12H,3-4H2,1-2H3. The predicted molar refractivity (Wildman–Crippen MR) is 75.4 cm³/mol. The third-order valence-corrected chi connectivity index (χ3v) is 3.98. The van der Waals surface area contributed by atoms with Crippen molar-refractivity contribution in [1.29, 1.82) is 0 Å². The van der Waals surface area contributed by atoms with Gasteiger partial charge in [0.15, 0.2) is 5.69 Å². The van der Waals surface area contributed by atoms with Crippen LogP contribution in [0.25, 0.3) is 0 Å². The molecule has 0 saturated heterocycles. The van der Waals surface area contributed by atoms with Crippen molar-refractivity contribution in [1.82, 2.24) is 10.1 Å². The minimum Gasteiger partial charge on any atom is -0.360 e. The normalized spacial score (nSPS) is 15.8. The number of carbonyl (C=O) groups is 1. The molecule has 1 aliphatic carbocycles. The maximum Gasteiger partial charge on any atom is 0.276 e. The van der Waals surface area contributed by atoms with Crippen LogP contribution in [0.4, 0.5) is 4.39 Å². The van der Waals surface area contributed by atoms with Gasteiger partial charge in [-0.3, -0.25) is 4.79 Å². The van der Waals surface area contributed by atoms with Crippen LogP contribution >= 0.6 is 0 Å². The fraction of sp³-hybridized carbons (Fsp3) is 0.375. The van der Waals surface area contributed by atoms with Crippen LogP contribution in [0.3, 0.4) is 0 Å². The molecule has 0 spiro atoms. The summed E-state index contributed by atoms with van der Waals surface area (Å²) in [5, 5.41) is 3.86. The Bertz CT molecular complexity index is 647. The smallest absolute Gasteiger partial charge is 0.276 e. The average molecular weight is 288 g/mol. The summed E-state index contributed by atoms with van der Waals surface area (Å²) in [4.78, 5) is 14.0. The molecule has 5 heteroatoms. The van der Waals surface area contributed by atoms with E-state index >= 15 is 0 Å². The molecule has 0 N–H and O–H groups in total. The largest absolute Gasteiger partial charge is 0.360 e. The van der Waals surface area contributed by atoms with Gasteiger partial charge in [0.05, 0.1) is 6.04 Å². The molecule has 3 rings (SSSR count). The number of rotatable bonds is 4. The molecule has 1 heterocycles. The van der Waals surface area contributed by atoms with Gasteiger partial charge in [-0.15, -0.1) is 0 Å². The second-order valence-electron chi connectivity index (χ2n) is 5.53. The summed E-state index contributed by atoms with van der Waals surface area (Å²) in [6.45, 7) is 1.90. The molecule has 1 unspecified atom stereocenters. The van der Waals surface area contributed by atoms with Crippen LogP contribution in [0.15, 0.2) is 34.9 Å². The van der Waals surface area contributed by atoms with E-state index in [1.807, 2.05) is 6.92 Å². The highest BCUT2D eigenvalue weighted by atomic mass is 19.1. The minimum absolute atomic E-state index is 0.167. The zero-order valence-electron chi connectivity index (χ0n) is 12.0. The van der Waals surface area contributed by atoms with E-state index < -0.39 is 0 Å². The van der Waals surface area contributed by atoms with Crippen LogP contribution in [-0.2, 0) is 0 Å². The average Bonchev–Trinajstić information content (AvgIpc) is 3.23. The van der Waals surface area contributed by atoms with E-state index in [-0.39, 0.29) is 17.8 Å². The first-order valence-corrected chi connectivity index (χ1v) is 7.05. The van der Waals surface area contributed by atoms with Gasteiger partial charge in [-0.1, -0.05) is 17.3 Å². The van der Waals surface area contributed by atoms with Gasteiger partial charge in [-0.05, 0) is 37.5 Å². The Kier molecular flexibility index (Phi) is 3.49. The van der Waals surface area contributed by atoms with E-state index in [1.165, 1.54) is 12.1 Å². The number of aromatic nitrogens is 1. The number of benzene rings is 1. The number of amides is 1. The van der Waals surface area contributed by atoms with Crippen molar-refractivity contribution in [2.75, 3.05) is 7.05 Å². The van der Waals surface area contributed by atoms with Gasteiger partial charge < -0.3 is 9.42 Å². The second-order valence-corrected chi connectivity index (χ2v) is 5.53. The van der Waals surface area contributed by atoms with Crippen molar-refractivity contribution < 1.29 is 13.7 Å². The van der Waals surface area contributed by atoms with Gasteiger partial charge in [0.25, 0.3) is 5.91 Å². The van der Waals surface area contributed by atoms with Gasteiger partial charge in [-0.2, -0.15) is 0 Å². The fourth-order valence-electron chi connectivity index (χ4n) is 2.27. The molecule has 1 amide bonds. The first-order chi connectivity index (χ1) is 10.1. The van der Waals surface area contributed by atoms with Crippen molar-refractivity contribution in [3.05, 3.63) is 53.2 Å². The van der Waals surface area contributed by atoms with Crippen LogP contribution in [0.2, 0.25) is 0 Å². The Balaban J connectivity index is 1.74. The van der Waals surface area contributed by atoms with Crippen LogP contribution in [0.5, 0.6) is 0 Å². The second kappa shape index (κ2) is 5.31. The molecule has 21 heavy (non-hydrogen) atoms. The Morgan fingerprint density at radius 1 is 1.38 bits per heavy atom. The molecule has 1 aliphatic rings. The van der Waals surface area contributed by atoms with Crippen molar-refractivity contribution in [2.24, 2.45) is 0 Å². The molecule has 0 aliphatic heterocycles. The summed E-state index contributed by atoms with van der Waals surface area (Å²) in [6.07, 6.45) is 2.20. The predicted octanol–water partition coefficient (Wildman–Crippen LogP) is 3.52. The van der Waals surface area contributed by atoms with E-state index in [1.54, 1.807) is 30.1 Å². The molecular weight excluding hydrogens is 271 g/mol. The highest BCUT2D eigenvalue weighted by molar-refractivity contribution is 5.92. The SMILES string of the molecule is CC(c1ccc(F)cc1)N(C)C(=O)c1cc(C2CC2)on1. The summed E-state index contributed by atoms with van der Waals surface area (Å²) in [7, 11) is 1.71. The lowest BCUT2D eigenvalue weighted by Crippen LogP contribution is -2.29. The van der Waals surface area contributed by atoms with E-state index in [0.29, 0.717) is 11.6 Å². The third kappa shape index (κ3) is 2.82. The molecule has 1 atom stereocenters. The zero-order valence-corrected chi connectivity index (χ0v) is 12.0. The van der Waals surface area contributed by atoms with Crippen molar-refractivity contribution in [2.45, 2.75) is 31.7 Å².